The SMILES string of the molecule is O=[N+]([O-])c1ccc(-c2nc3c(F)cccc3s2)cc1. The summed E-state index contributed by atoms with van der Waals surface area (Å²) in [5, 5.41) is 11.2. The van der Waals surface area contributed by atoms with Crippen LogP contribution in [0.4, 0.5) is 10.1 Å². The Morgan fingerprint density at radius 2 is 1.89 bits per heavy atom. The fourth-order valence-electron chi connectivity index (χ4n) is 1.76. The van der Waals surface area contributed by atoms with Gasteiger partial charge in [0.05, 0.1) is 9.62 Å². The molecular formula is C13H7FN2O2S. The van der Waals surface area contributed by atoms with E-state index in [0.29, 0.717) is 10.5 Å². The summed E-state index contributed by atoms with van der Waals surface area (Å²) < 4.78 is 14.3. The minimum absolute atomic E-state index is 0.0241. The van der Waals surface area contributed by atoms with Gasteiger partial charge in [-0.2, -0.15) is 0 Å². The maximum absolute atomic E-state index is 13.5. The van der Waals surface area contributed by atoms with Gasteiger partial charge in [0.15, 0.2) is 0 Å². The summed E-state index contributed by atoms with van der Waals surface area (Å²) in [7, 11) is 0. The van der Waals surface area contributed by atoms with Crippen LogP contribution in [-0.4, -0.2) is 9.91 Å². The van der Waals surface area contributed by atoms with Crippen LogP contribution in [0.25, 0.3) is 20.8 Å². The molecule has 0 aliphatic heterocycles. The molecule has 3 aromatic rings. The van der Waals surface area contributed by atoms with Crippen LogP contribution in [0.1, 0.15) is 0 Å². The normalized spacial score (nSPS) is 10.8. The monoisotopic (exact) mass is 274 g/mol. The van der Waals surface area contributed by atoms with Crippen molar-refractivity contribution in [2.24, 2.45) is 0 Å². The van der Waals surface area contributed by atoms with Crippen molar-refractivity contribution in [3.63, 3.8) is 0 Å². The Balaban J connectivity index is 2.09. The van der Waals surface area contributed by atoms with Crippen molar-refractivity contribution in [3.05, 3.63) is 58.4 Å². The van der Waals surface area contributed by atoms with Crippen LogP contribution in [0.3, 0.4) is 0 Å². The van der Waals surface area contributed by atoms with E-state index in [-0.39, 0.29) is 11.5 Å². The molecule has 0 N–H and O–H groups in total. The van der Waals surface area contributed by atoms with Gasteiger partial charge in [-0.1, -0.05) is 6.07 Å². The summed E-state index contributed by atoms with van der Waals surface area (Å²) in [6.45, 7) is 0. The van der Waals surface area contributed by atoms with Crippen molar-refractivity contribution < 1.29 is 9.31 Å². The fraction of sp³-hybridized carbons (Fsp3) is 0. The van der Waals surface area contributed by atoms with E-state index >= 15 is 0 Å². The van der Waals surface area contributed by atoms with Gasteiger partial charge in [-0.05, 0) is 24.3 Å². The van der Waals surface area contributed by atoms with E-state index in [4.69, 9.17) is 0 Å². The zero-order valence-corrected chi connectivity index (χ0v) is 10.4. The number of aromatic nitrogens is 1. The van der Waals surface area contributed by atoms with E-state index in [1.807, 2.05) is 0 Å². The highest BCUT2D eigenvalue weighted by atomic mass is 32.1. The van der Waals surface area contributed by atoms with Gasteiger partial charge in [0.25, 0.3) is 5.69 Å². The number of nitro groups is 1. The Hall–Kier alpha value is -2.34. The maximum Gasteiger partial charge on any atom is 0.269 e. The number of fused-ring (bicyclic) bond motifs is 1. The summed E-state index contributed by atoms with van der Waals surface area (Å²) >= 11 is 1.36. The van der Waals surface area contributed by atoms with Crippen LogP contribution in [0.5, 0.6) is 0 Å². The average Bonchev–Trinajstić information content (AvgIpc) is 2.84. The van der Waals surface area contributed by atoms with Crippen molar-refractivity contribution in [2.45, 2.75) is 0 Å². The highest BCUT2D eigenvalue weighted by molar-refractivity contribution is 7.21. The number of nitro benzene ring substituents is 1. The predicted octanol–water partition coefficient (Wildman–Crippen LogP) is 4.01. The van der Waals surface area contributed by atoms with Crippen LogP contribution in [0, 0.1) is 15.9 Å². The first-order valence-electron chi connectivity index (χ1n) is 5.45. The lowest BCUT2D eigenvalue weighted by molar-refractivity contribution is -0.384. The van der Waals surface area contributed by atoms with Crippen molar-refractivity contribution in [3.8, 4) is 10.6 Å². The average molecular weight is 274 g/mol. The van der Waals surface area contributed by atoms with E-state index in [1.54, 1.807) is 24.3 Å². The molecule has 1 aromatic heterocycles. The zero-order chi connectivity index (χ0) is 13.4. The van der Waals surface area contributed by atoms with Crippen LogP contribution in [0.15, 0.2) is 42.5 Å². The van der Waals surface area contributed by atoms with Crippen LogP contribution in [-0.2, 0) is 0 Å². The van der Waals surface area contributed by atoms with Crippen molar-refractivity contribution in [1.82, 2.24) is 4.98 Å². The summed E-state index contributed by atoms with van der Waals surface area (Å²) in [6, 6.07) is 10.9. The lowest BCUT2D eigenvalue weighted by Crippen LogP contribution is -1.86. The molecule has 0 spiro atoms. The van der Waals surface area contributed by atoms with Crippen LogP contribution < -0.4 is 0 Å². The van der Waals surface area contributed by atoms with Gasteiger partial charge in [-0.15, -0.1) is 11.3 Å². The molecular weight excluding hydrogens is 267 g/mol. The number of benzene rings is 2. The van der Waals surface area contributed by atoms with Crippen molar-refractivity contribution in [2.75, 3.05) is 0 Å². The van der Waals surface area contributed by atoms with Gasteiger partial charge in [0.1, 0.15) is 16.3 Å². The topological polar surface area (TPSA) is 56.0 Å². The minimum Gasteiger partial charge on any atom is -0.258 e. The summed E-state index contributed by atoms with van der Waals surface area (Å²) in [6.07, 6.45) is 0. The summed E-state index contributed by atoms with van der Waals surface area (Å²) in [5.74, 6) is -0.359. The number of rotatable bonds is 2. The standard InChI is InChI=1S/C13H7FN2O2S/c14-10-2-1-3-11-12(10)15-13(19-11)8-4-6-9(7-5-8)16(17)18/h1-7H. The Kier molecular flexibility index (Phi) is 2.72. The molecule has 0 saturated heterocycles. The number of hydrogen-bond acceptors (Lipinski definition) is 4. The number of nitrogens with zero attached hydrogens (tertiary/aromatic N) is 2. The van der Waals surface area contributed by atoms with Gasteiger partial charge in [0.2, 0.25) is 0 Å². The van der Waals surface area contributed by atoms with Gasteiger partial charge in [0, 0.05) is 17.7 Å². The number of halogens is 1. The summed E-state index contributed by atoms with van der Waals surface area (Å²) in [5.41, 5.74) is 1.10. The predicted molar refractivity (Wildman–Crippen MR) is 71.7 cm³/mol. The molecule has 0 radical (unpaired) electrons. The molecule has 0 aliphatic rings. The molecule has 94 valence electrons. The van der Waals surface area contributed by atoms with Gasteiger partial charge >= 0.3 is 0 Å². The zero-order valence-electron chi connectivity index (χ0n) is 9.54. The first-order valence-corrected chi connectivity index (χ1v) is 6.27. The first-order chi connectivity index (χ1) is 9.15. The molecule has 3 rings (SSSR count). The second kappa shape index (κ2) is 4.40. The Bertz CT molecular complexity index is 768. The van der Waals surface area contributed by atoms with Crippen molar-refractivity contribution >= 4 is 27.2 Å². The number of para-hydroxylation sites is 1. The molecule has 0 unspecified atom stereocenters. The van der Waals surface area contributed by atoms with E-state index < -0.39 is 4.92 Å². The number of hydrogen-bond donors (Lipinski definition) is 0. The van der Waals surface area contributed by atoms with Crippen molar-refractivity contribution in [1.29, 1.82) is 0 Å². The largest absolute Gasteiger partial charge is 0.269 e. The van der Waals surface area contributed by atoms with Gasteiger partial charge in [-0.3, -0.25) is 10.1 Å². The second-order valence-corrected chi connectivity index (χ2v) is 4.94. The summed E-state index contributed by atoms with van der Waals surface area (Å²) in [4.78, 5) is 14.4. The molecule has 0 aliphatic carbocycles. The lowest BCUT2D eigenvalue weighted by atomic mass is 10.2. The van der Waals surface area contributed by atoms with E-state index in [0.717, 1.165) is 10.3 Å². The molecule has 0 atom stereocenters. The highest BCUT2D eigenvalue weighted by Crippen LogP contribution is 2.31. The second-order valence-electron chi connectivity index (χ2n) is 3.91. The quantitative estimate of drug-likeness (QED) is 0.524. The van der Waals surface area contributed by atoms with E-state index in [2.05, 4.69) is 4.98 Å². The molecule has 19 heavy (non-hydrogen) atoms. The third-order valence-electron chi connectivity index (χ3n) is 2.69. The fourth-order valence-corrected chi connectivity index (χ4v) is 2.75. The smallest absolute Gasteiger partial charge is 0.258 e. The number of thiazole rings is 1. The molecule has 0 amide bonds. The molecule has 4 nitrogen and oxygen atoms in total. The Morgan fingerprint density at radius 3 is 2.53 bits per heavy atom. The Labute approximate surface area is 111 Å². The molecule has 0 bridgehead atoms. The third-order valence-corrected chi connectivity index (χ3v) is 3.76. The van der Waals surface area contributed by atoms with Crippen LogP contribution >= 0.6 is 11.3 Å². The number of non-ortho nitro benzene ring substituents is 1. The maximum atomic E-state index is 13.5. The molecule has 6 heteroatoms. The van der Waals surface area contributed by atoms with Gasteiger partial charge in [-0.25, -0.2) is 9.37 Å². The third kappa shape index (κ3) is 2.06. The van der Waals surface area contributed by atoms with Gasteiger partial charge < -0.3 is 0 Å². The first kappa shape index (κ1) is 11.7. The minimum atomic E-state index is -0.457. The Morgan fingerprint density at radius 1 is 1.16 bits per heavy atom. The molecule has 0 saturated carbocycles. The molecule has 2 aromatic carbocycles. The van der Waals surface area contributed by atoms with E-state index in [1.165, 1.54) is 29.5 Å². The van der Waals surface area contributed by atoms with E-state index in [9.17, 15) is 14.5 Å². The lowest BCUT2D eigenvalue weighted by Gasteiger charge is -1.95. The molecule has 1 heterocycles. The van der Waals surface area contributed by atoms with Crippen LogP contribution in [0.2, 0.25) is 0 Å². The molecule has 0 fully saturated rings. The highest BCUT2D eigenvalue weighted by Gasteiger charge is 2.11.